The molecule has 68 valence electrons. The summed E-state index contributed by atoms with van der Waals surface area (Å²) in [5.41, 5.74) is 5.48. The van der Waals surface area contributed by atoms with Crippen LogP contribution in [0.1, 0.15) is 19.4 Å². The minimum absolute atomic E-state index is 0.349. The summed E-state index contributed by atoms with van der Waals surface area (Å²) in [6.45, 7) is 2.84. The highest BCUT2D eigenvalue weighted by molar-refractivity contribution is 5.23. The number of nitrogens with zero attached hydrogens (tertiary/aromatic N) is 2. The molecule has 0 saturated heterocycles. The van der Waals surface area contributed by atoms with E-state index in [0.29, 0.717) is 11.9 Å². The lowest BCUT2D eigenvalue weighted by Crippen LogP contribution is -2.08. The van der Waals surface area contributed by atoms with Crippen molar-refractivity contribution in [2.45, 2.75) is 19.4 Å². The maximum absolute atomic E-state index is 5.48. The van der Waals surface area contributed by atoms with Gasteiger partial charge in [0.15, 0.2) is 0 Å². The average molecular weight is 169 g/mol. The Bertz CT molecular complexity index is 234. The topological polar surface area (TPSA) is 53.1 Å². The van der Waals surface area contributed by atoms with E-state index >= 15 is 0 Å². The Kier molecular flexibility index (Phi) is 3.10. The van der Waals surface area contributed by atoms with Gasteiger partial charge in [-0.25, -0.2) is 0 Å². The molecule has 0 radical (unpaired) electrons. The molecule has 0 aliphatic rings. The van der Waals surface area contributed by atoms with Gasteiger partial charge < -0.3 is 10.5 Å². The molecule has 0 aliphatic heterocycles. The maximum atomic E-state index is 5.48. The van der Waals surface area contributed by atoms with Gasteiger partial charge in [0.2, 0.25) is 0 Å². The monoisotopic (exact) mass is 169 g/mol. The lowest BCUT2D eigenvalue weighted by atomic mass is 10.2. The molecular weight excluding hydrogens is 154 g/mol. The van der Waals surface area contributed by atoms with Gasteiger partial charge in [-0.1, -0.05) is 0 Å². The minimum atomic E-state index is 0.349. The molecule has 1 aromatic heterocycles. The first-order valence-electron chi connectivity index (χ1n) is 4.03. The van der Waals surface area contributed by atoms with E-state index in [4.69, 9.17) is 10.5 Å². The predicted octanol–water partition coefficient (Wildman–Crippen LogP) is 1.06. The predicted molar refractivity (Wildman–Crippen MR) is 47.8 cm³/mol. The van der Waals surface area contributed by atoms with Crippen LogP contribution >= 0.6 is 0 Å². The maximum Gasteiger partial charge on any atom is 0.145 e. The Balaban J connectivity index is 2.47. The molecule has 0 bridgehead atoms. The highest BCUT2D eigenvalue weighted by atomic mass is 16.5. The number of anilines is 1. The van der Waals surface area contributed by atoms with Crippen LogP contribution in [-0.2, 0) is 4.74 Å². The van der Waals surface area contributed by atoms with Crippen LogP contribution in [0, 0.1) is 0 Å². The lowest BCUT2D eigenvalue weighted by Gasteiger charge is -2.10. The van der Waals surface area contributed by atoms with Crippen LogP contribution < -0.4 is 5.73 Å². The Morgan fingerprint density at radius 3 is 3.00 bits per heavy atom. The van der Waals surface area contributed by atoms with Crippen LogP contribution in [-0.4, -0.2) is 23.5 Å². The molecule has 0 aliphatic carbocycles. The second kappa shape index (κ2) is 4.11. The van der Waals surface area contributed by atoms with E-state index < -0.39 is 0 Å². The zero-order valence-electron chi connectivity index (χ0n) is 7.53. The normalized spacial score (nSPS) is 13.2. The van der Waals surface area contributed by atoms with E-state index in [0.717, 1.165) is 13.0 Å². The first kappa shape index (κ1) is 9.06. The summed E-state index contributed by atoms with van der Waals surface area (Å²) in [6.07, 6.45) is 2.84. The second-order valence-corrected chi connectivity index (χ2v) is 2.85. The first-order chi connectivity index (χ1) is 5.74. The van der Waals surface area contributed by atoms with Gasteiger partial charge in [0.25, 0.3) is 0 Å². The SMILES string of the molecule is COCCC(C)n1ccc(N)n1. The minimum Gasteiger partial charge on any atom is -0.385 e. The van der Waals surface area contributed by atoms with Gasteiger partial charge in [-0.15, -0.1) is 0 Å². The smallest absolute Gasteiger partial charge is 0.145 e. The van der Waals surface area contributed by atoms with Gasteiger partial charge in [-0.2, -0.15) is 5.10 Å². The van der Waals surface area contributed by atoms with Crippen LogP contribution in [0.2, 0.25) is 0 Å². The largest absolute Gasteiger partial charge is 0.385 e. The van der Waals surface area contributed by atoms with E-state index in [1.165, 1.54) is 0 Å². The Morgan fingerprint density at radius 2 is 2.50 bits per heavy atom. The van der Waals surface area contributed by atoms with E-state index in [-0.39, 0.29) is 0 Å². The molecule has 0 amide bonds. The van der Waals surface area contributed by atoms with Crippen molar-refractivity contribution in [1.82, 2.24) is 9.78 Å². The van der Waals surface area contributed by atoms with E-state index in [1.54, 1.807) is 13.2 Å². The zero-order valence-corrected chi connectivity index (χ0v) is 7.53. The van der Waals surface area contributed by atoms with Crippen LogP contribution in [0.5, 0.6) is 0 Å². The van der Waals surface area contributed by atoms with Crippen molar-refractivity contribution in [2.75, 3.05) is 19.5 Å². The molecule has 1 heterocycles. The third kappa shape index (κ3) is 2.23. The number of ether oxygens (including phenoxy) is 1. The van der Waals surface area contributed by atoms with E-state index in [2.05, 4.69) is 12.0 Å². The Morgan fingerprint density at radius 1 is 1.75 bits per heavy atom. The quantitative estimate of drug-likeness (QED) is 0.733. The molecule has 1 rings (SSSR count). The molecular formula is C8H15N3O. The fourth-order valence-corrected chi connectivity index (χ4v) is 1.02. The average Bonchev–Trinajstić information content (AvgIpc) is 2.47. The number of methoxy groups -OCH3 is 1. The highest BCUT2D eigenvalue weighted by Crippen LogP contribution is 2.10. The van der Waals surface area contributed by atoms with E-state index in [1.807, 2.05) is 10.9 Å². The van der Waals surface area contributed by atoms with Crippen LogP contribution in [0.25, 0.3) is 0 Å². The van der Waals surface area contributed by atoms with Crippen LogP contribution in [0.3, 0.4) is 0 Å². The zero-order chi connectivity index (χ0) is 8.97. The number of nitrogens with two attached hydrogens (primary N) is 1. The number of nitrogen functional groups attached to an aromatic ring is 1. The lowest BCUT2D eigenvalue weighted by molar-refractivity contribution is 0.179. The first-order valence-corrected chi connectivity index (χ1v) is 4.03. The Labute approximate surface area is 72.3 Å². The molecule has 0 saturated carbocycles. The summed E-state index contributed by atoms with van der Waals surface area (Å²) < 4.78 is 6.82. The molecule has 4 nitrogen and oxygen atoms in total. The Hall–Kier alpha value is -1.03. The number of hydrogen-bond acceptors (Lipinski definition) is 3. The van der Waals surface area contributed by atoms with Crippen molar-refractivity contribution in [1.29, 1.82) is 0 Å². The molecule has 0 fully saturated rings. The number of aromatic nitrogens is 2. The number of rotatable bonds is 4. The summed E-state index contributed by atoms with van der Waals surface area (Å²) >= 11 is 0. The molecule has 12 heavy (non-hydrogen) atoms. The highest BCUT2D eigenvalue weighted by Gasteiger charge is 2.04. The summed E-state index contributed by atoms with van der Waals surface area (Å²) in [5, 5.41) is 4.10. The fraction of sp³-hybridized carbons (Fsp3) is 0.625. The molecule has 0 aromatic carbocycles. The third-order valence-corrected chi connectivity index (χ3v) is 1.82. The summed E-state index contributed by atoms with van der Waals surface area (Å²) in [6, 6.07) is 2.14. The molecule has 1 unspecified atom stereocenters. The van der Waals surface area contributed by atoms with Crippen molar-refractivity contribution in [2.24, 2.45) is 0 Å². The van der Waals surface area contributed by atoms with Gasteiger partial charge in [0.05, 0.1) is 6.04 Å². The van der Waals surface area contributed by atoms with Crippen LogP contribution in [0.15, 0.2) is 12.3 Å². The standard InChI is InChI=1S/C8H15N3O/c1-7(4-6-12-2)11-5-3-8(9)10-11/h3,5,7H,4,6H2,1-2H3,(H2,9,10). The van der Waals surface area contributed by atoms with Crippen molar-refractivity contribution in [3.05, 3.63) is 12.3 Å². The summed E-state index contributed by atoms with van der Waals surface area (Å²) in [5.74, 6) is 0.569. The molecule has 0 spiro atoms. The van der Waals surface area contributed by atoms with E-state index in [9.17, 15) is 0 Å². The van der Waals surface area contributed by atoms with Gasteiger partial charge in [0.1, 0.15) is 5.82 Å². The molecule has 2 N–H and O–H groups in total. The van der Waals surface area contributed by atoms with Gasteiger partial charge in [-0.3, -0.25) is 4.68 Å². The van der Waals surface area contributed by atoms with Gasteiger partial charge in [-0.05, 0) is 19.4 Å². The summed E-state index contributed by atoms with van der Waals surface area (Å²) in [4.78, 5) is 0. The molecule has 1 atom stereocenters. The van der Waals surface area contributed by atoms with Crippen molar-refractivity contribution >= 4 is 5.82 Å². The molecule has 4 heteroatoms. The number of hydrogen-bond donors (Lipinski definition) is 1. The van der Waals surface area contributed by atoms with Crippen molar-refractivity contribution in [3.63, 3.8) is 0 Å². The van der Waals surface area contributed by atoms with Crippen LogP contribution in [0.4, 0.5) is 5.82 Å². The van der Waals surface area contributed by atoms with Crippen molar-refractivity contribution < 1.29 is 4.74 Å². The van der Waals surface area contributed by atoms with Crippen molar-refractivity contribution in [3.8, 4) is 0 Å². The fourth-order valence-electron chi connectivity index (χ4n) is 1.02. The summed E-state index contributed by atoms with van der Waals surface area (Å²) in [7, 11) is 1.70. The molecule has 1 aromatic rings. The third-order valence-electron chi connectivity index (χ3n) is 1.82. The van der Waals surface area contributed by atoms with Gasteiger partial charge >= 0.3 is 0 Å². The van der Waals surface area contributed by atoms with Gasteiger partial charge in [0, 0.05) is 19.9 Å². The second-order valence-electron chi connectivity index (χ2n) is 2.85.